The maximum Gasteiger partial charge on any atom is 0.328 e. The molecule has 0 aliphatic rings. The van der Waals surface area contributed by atoms with Crippen LogP contribution in [0.3, 0.4) is 0 Å². The van der Waals surface area contributed by atoms with E-state index in [1.807, 2.05) is 12.1 Å². The predicted octanol–water partition coefficient (Wildman–Crippen LogP) is 2.67. The first kappa shape index (κ1) is 12.8. The molecule has 19 heavy (non-hydrogen) atoms. The second kappa shape index (κ2) is 5.82. The molecule has 4 heteroatoms. The van der Waals surface area contributed by atoms with Crippen LogP contribution in [0.2, 0.25) is 0 Å². The fourth-order valence-electron chi connectivity index (χ4n) is 1.73. The number of nitrogens with zero attached hydrogens (tertiary/aromatic N) is 1. The zero-order chi connectivity index (χ0) is 13.7. The van der Waals surface area contributed by atoms with Crippen LogP contribution >= 0.6 is 0 Å². The van der Waals surface area contributed by atoms with Gasteiger partial charge in [-0.3, -0.25) is 4.79 Å². The van der Waals surface area contributed by atoms with Crippen molar-refractivity contribution in [3.63, 3.8) is 0 Å². The monoisotopic (exact) mass is 254 g/mol. The van der Waals surface area contributed by atoms with Gasteiger partial charge < -0.3 is 5.32 Å². The Morgan fingerprint density at radius 2 is 1.42 bits per heavy atom. The topological polar surface area (TPSA) is 49.4 Å². The molecule has 4 nitrogen and oxygen atoms in total. The van der Waals surface area contributed by atoms with Crippen LogP contribution < -0.4 is 10.2 Å². The largest absolute Gasteiger partial charge is 0.340 e. The Labute approximate surface area is 111 Å². The molecule has 0 spiro atoms. The summed E-state index contributed by atoms with van der Waals surface area (Å²) in [6.45, 7) is 0. The van der Waals surface area contributed by atoms with E-state index < -0.39 is 6.03 Å². The van der Waals surface area contributed by atoms with E-state index in [0.717, 1.165) is 4.90 Å². The average molecular weight is 254 g/mol. The molecule has 0 fully saturated rings. The molecule has 0 aliphatic heterocycles. The SMILES string of the molecule is CNC(=O)N(C(=O)c1ccccc1)c1ccccc1. The normalized spacial score (nSPS) is 9.74. The number of hydrogen-bond donors (Lipinski definition) is 1. The summed E-state index contributed by atoms with van der Waals surface area (Å²) in [6, 6.07) is 17.1. The summed E-state index contributed by atoms with van der Waals surface area (Å²) in [5.74, 6) is -0.355. The van der Waals surface area contributed by atoms with Crippen molar-refractivity contribution in [1.82, 2.24) is 5.32 Å². The van der Waals surface area contributed by atoms with Crippen molar-refractivity contribution in [1.29, 1.82) is 0 Å². The van der Waals surface area contributed by atoms with Gasteiger partial charge in [-0.2, -0.15) is 0 Å². The van der Waals surface area contributed by atoms with Gasteiger partial charge >= 0.3 is 6.03 Å². The molecule has 1 N–H and O–H groups in total. The summed E-state index contributed by atoms with van der Waals surface area (Å²) in [6.07, 6.45) is 0. The van der Waals surface area contributed by atoms with Crippen molar-refractivity contribution < 1.29 is 9.59 Å². The first-order valence-corrected chi connectivity index (χ1v) is 5.90. The number of amides is 3. The highest BCUT2D eigenvalue weighted by atomic mass is 16.2. The first-order valence-electron chi connectivity index (χ1n) is 5.90. The lowest BCUT2D eigenvalue weighted by molar-refractivity contribution is 0.0994. The number of anilines is 1. The van der Waals surface area contributed by atoms with Crippen LogP contribution in [-0.4, -0.2) is 19.0 Å². The minimum Gasteiger partial charge on any atom is -0.340 e. The van der Waals surface area contributed by atoms with Gasteiger partial charge in [-0.15, -0.1) is 0 Å². The van der Waals surface area contributed by atoms with E-state index in [-0.39, 0.29) is 5.91 Å². The minimum absolute atomic E-state index is 0.355. The van der Waals surface area contributed by atoms with E-state index in [9.17, 15) is 9.59 Å². The standard InChI is InChI=1S/C15H14N2O2/c1-16-15(19)17(13-10-6-3-7-11-13)14(18)12-8-4-2-5-9-12/h2-11H,1H3,(H,16,19). The molecule has 2 rings (SSSR count). The number of urea groups is 1. The van der Waals surface area contributed by atoms with E-state index in [1.54, 1.807) is 48.5 Å². The summed E-state index contributed by atoms with van der Waals surface area (Å²) in [4.78, 5) is 25.5. The van der Waals surface area contributed by atoms with Crippen LogP contribution in [0.4, 0.5) is 10.5 Å². The van der Waals surface area contributed by atoms with Crippen molar-refractivity contribution in [3.05, 3.63) is 66.2 Å². The molecule has 0 atom stereocenters. The third kappa shape index (κ3) is 2.80. The lowest BCUT2D eigenvalue weighted by atomic mass is 10.2. The summed E-state index contributed by atoms with van der Waals surface area (Å²) in [7, 11) is 1.50. The van der Waals surface area contributed by atoms with Crippen molar-refractivity contribution in [2.75, 3.05) is 11.9 Å². The third-order valence-electron chi connectivity index (χ3n) is 2.66. The van der Waals surface area contributed by atoms with Gasteiger partial charge in [0.05, 0.1) is 5.69 Å². The Kier molecular flexibility index (Phi) is 3.93. The highest BCUT2D eigenvalue weighted by Gasteiger charge is 2.23. The molecular weight excluding hydrogens is 240 g/mol. The Bertz CT molecular complexity index is 567. The third-order valence-corrected chi connectivity index (χ3v) is 2.66. The Morgan fingerprint density at radius 1 is 0.895 bits per heavy atom. The molecule has 2 aromatic carbocycles. The Balaban J connectivity index is 2.40. The van der Waals surface area contributed by atoms with Gasteiger partial charge in [0.2, 0.25) is 0 Å². The van der Waals surface area contributed by atoms with E-state index in [0.29, 0.717) is 11.3 Å². The number of para-hydroxylation sites is 1. The molecule has 2 aromatic rings. The van der Waals surface area contributed by atoms with Crippen LogP contribution in [0.15, 0.2) is 60.7 Å². The maximum absolute atomic E-state index is 12.4. The molecule has 0 radical (unpaired) electrons. The summed E-state index contributed by atoms with van der Waals surface area (Å²) in [5, 5.41) is 2.48. The van der Waals surface area contributed by atoms with Gasteiger partial charge in [0.1, 0.15) is 0 Å². The first-order chi connectivity index (χ1) is 9.24. The molecule has 0 heterocycles. The van der Waals surface area contributed by atoms with E-state index in [2.05, 4.69) is 5.32 Å². The summed E-state index contributed by atoms with van der Waals surface area (Å²) in [5.41, 5.74) is 1.01. The number of carbonyl (C=O) groups excluding carboxylic acids is 2. The maximum atomic E-state index is 12.4. The van der Waals surface area contributed by atoms with E-state index in [4.69, 9.17) is 0 Å². The molecule has 96 valence electrons. The fraction of sp³-hybridized carbons (Fsp3) is 0.0667. The minimum atomic E-state index is -0.458. The van der Waals surface area contributed by atoms with Crippen LogP contribution in [-0.2, 0) is 0 Å². The van der Waals surface area contributed by atoms with E-state index in [1.165, 1.54) is 7.05 Å². The molecular formula is C15H14N2O2. The van der Waals surface area contributed by atoms with E-state index >= 15 is 0 Å². The van der Waals surface area contributed by atoms with Gasteiger partial charge in [0.25, 0.3) is 5.91 Å². The fourth-order valence-corrected chi connectivity index (χ4v) is 1.73. The second-order valence-corrected chi connectivity index (χ2v) is 3.90. The quantitative estimate of drug-likeness (QED) is 0.895. The van der Waals surface area contributed by atoms with Crippen LogP contribution in [0.5, 0.6) is 0 Å². The second-order valence-electron chi connectivity index (χ2n) is 3.90. The molecule has 3 amide bonds. The van der Waals surface area contributed by atoms with Gasteiger partial charge in [-0.25, -0.2) is 9.69 Å². The lowest BCUT2D eigenvalue weighted by Gasteiger charge is -2.20. The summed E-state index contributed by atoms with van der Waals surface area (Å²) < 4.78 is 0. The number of rotatable bonds is 2. The van der Waals surface area contributed by atoms with Crippen molar-refractivity contribution >= 4 is 17.6 Å². The zero-order valence-corrected chi connectivity index (χ0v) is 10.5. The molecule has 0 aromatic heterocycles. The molecule has 0 bridgehead atoms. The lowest BCUT2D eigenvalue weighted by Crippen LogP contribution is -2.42. The number of nitrogens with one attached hydrogen (secondary N) is 1. The van der Waals surface area contributed by atoms with Crippen molar-refractivity contribution in [2.45, 2.75) is 0 Å². The number of carbonyl (C=O) groups is 2. The number of imide groups is 1. The Hall–Kier alpha value is -2.62. The smallest absolute Gasteiger partial charge is 0.328 e. The van der Waals surface area contributed by atoms with Gasteiger partial charge in [0.15, 0.2) is 0 Å². The molecule has 0 aliphatic carbocycles. The average Bonchev–Trinajstić information content (AvgIpc) is 2.49. The Morgan fingerprint density at radius 3 is 1.95 bits per heavy atom. The zero-order valence-electron chi connectivity index (χ0n) is 10.5. The molecule has 0 saturated heterocycles. The highest BCUT2D eigenvalue weighted by Crippen LogP contribution is 2.16. The van der Waals surface area contributed by atoms with Crippen molar-refractivity contribution in [3.8, 4) is 0 Å². The van der Waals surface area contributed by atoms with Crippen molar-refractivity contribution in [2.24, 2.45) is 0 Å². The van der Waals surface area contributed by atoms with Crippen LogP contribution in [0.25, 0.3) is 0 Å². The van der Waals surface area contributed by atoms with Gasteiger partial charge in [-0.05, 0) is 24.3 Å². The number of hydrogen-bond acceptors (Lipinski definition) is 2. The van der Waals surface area contributed by atoms with Gasteiger partial charge in [-0.1, -0.05) is 36.4 Å². The van der Waals surface area contributed by atoms with Gasteiger partial charge in [0, 0.05) is 12.6 Å². The highest BCUT2D eigenvalue weighted by molar-refractivity contribution is 6.20. The summed E-state index contributed by atoms with van der Waals surface area (Å²) >= 11 is 0. The molecule has 0 saturated carbocycles. The predicted molar refractivity (Wildman–Crippen MR) is 74.1 cm³/mol. The van der Waals surface area contributed by atoms with Crippen LogP contribution in [0.1, 0.15) is 10.4 Å². The number of benzene rings is 2. The molecule has 0 unspecified atom stereocenters. The van der Waals surface area contributed by atoms with Crippen LogP contribution in [0, 0.1) is 0 Å².